The summed E-state index contributed by atoms with van der Waals surface area (Å²) >= 11 is 7.19. The van der Waals surface area contributed by atoms with E-state index in [1.54, 1.807) is 18.2 Å². The standard InChI is InChI=1S/C16H8ClNO2S/c17-8-5-6-9-11(7-8)18-14(15(9)19)13-10-3-1-2-4-12(10)21-16(13)20/h1-7,20H. The molecule has 0 saturated carbocycles. The summed E-state index contributed by atoms with van der Waals surface area (Å²) in [5.74, 6) is -0.180. The van der Waals surface area contributed by atoms with E-state index in [0.29, 0.717) is 21.8 Å². The molecule has 0 unspecified atom stereocenters. The van der Waals surface area contributed by atoms with Crippen LogP contribution in [0.15, 0.2) is 47.5 Å². The Balaban J connectivity index is 1.97. The lowest BCUT2D eigenvalue weighted by Gasteiger charge is -1.99. The summed E-state index contributed by atoms with van der Waals surface area (Å²) in [4.78, 5) is 16.9. The van der Waals surface area contributed by atoms with Crippen LogP contribution < -0.4 is 0 Å². The van der Waals surface area contributed by atoms with Crippen LogP contribution >= 0.6 is 22.9 Å². The van der Waals surface area contributed by atoms with Gasteiger partial charge < -0.3 is 5.11 Å². The number of Topliss-reactive ketones (excluding diaryl/α,β-unsaturated/α-hetero) is 1. The average Bonchev–Trinajstić information content (AvgIpc) is 2.95. The van der Waals surface area contributed by atoms with E-state index in [2.05, 4.69) is 4.99 Å². The summed E-state index contributed by atoms with van der Waals surface area (Å²) in [5, 5.41) is 11.7. The smallest absolute Gasteiger partial charge is 0.214 e. The number of hydrogen-bond acceptors (Lipinski definition) is 4. The van der Waals surface area contributed by atoms with Gasteiger partial charge >= 0.3 is 0 Å². The second kappa shape index (κ2) is 4.41. The van der Waals surface area contributed by atoms with Gasteiger partial charge in [0.1, 0.15) is 5.71 Å². The number of halogens is 1. The van der Waals surface area contributed by atoms with E-state index >= 15 is 0 Å². The lowest BCUT2D eigenvalue weighted by Crippen LogP contribution is -2.10. The Hall–Kier alpha value is -2.17. The number of rotatable bonds is 1. The number of benzene rings is 2. The van der Waals surface area contributed by atoms with Crippen molar-refractivity contribution in [2.75, 3.05) is 0 Å². The molecule has 0 fully saturated rings. The van der Waals surface area contributed by atoms with E-state index in [1.165, 1.54) is 11.3 Å². The molecule has 0 saturated heterocycles. The van der Waals surface area contributed by atoms with Crippen LogP contribution in [0.3, 0.4) is 0 Å². The van der Waals surface area contributed by atoms with E-state index in [9.17, 15) is 9.90 Å². The summed E-state index contributed by atoms with van der Waals surface area (Å²) in [7, 11) is 0. The lowest BCUT2D eigenvalue weighted by molar-refractivity contribution is 0.107. The SMILES string of the molecule is O=C1C(c2c(O)sc3ccccc23)=Nc2cc(Cl)ccc21. The molecule has 1 N–H and O–H groups in total. The molecule has 0 spiro atoms. The van der Waals surface area contributed by atoms with Crippen LogP contribution in [0.2, 0.25) is 5.02 Å². The monoisotopic (exact) mass is 313 g/mol. The first-order valence-corrected chi connectivity index (χ1v) is 7.48. The van der Waals surface area contributed by atoms with Crippen molar-refractivity contribution < 1.29 is 9.90 Å². The van der Waals surface area contributed by atoms with Crippen molar-refractivity contribution in [2.45, 2.75) is 0 Å². The molecule has 0 atom stereocenters. The van der Waals surface area contributed by atoms with Gasteiger partial charge in [-0.25, -0.2) is 4.99 Å². The van der Waals surface area contributed by atoms with E-state index < -0.39 is 0 Å². The lowest BCUT2D eigenvalue weighted by atomic mass is 10.0. The molecule has 1 aromatic heterocycles. The third kappa shape index (κ3) is 1.80. The highest BCUT2D eigenvalue weighted by molar-refractivity contribution is 7.21. The second-order valence-electron chi connectivity index (χ2n) is 4.73. The predicted octanol–water partition coefficient (Wildman–Crippen LogP) is 4.58. The van der Waals surface area contributed by atoms with Gasteiger partial charge in [0.05, 0.1) is 11.3 Å². The van der Waals surface area contributed by atoms with Crippen molar-refractivity contribution in [3.05, 3.63) is 58.6 Å². The topological polar surface area (TPSA) is 49.7 Å². The van der Waals surface area contributed by atoms with Gasteiger partial charge in [0.15, 0.2) is 5.06 Å². The van der Waals surface area contributed by atoms with E-state index in [1.807, 2.05) is 24.3 Å². The molecule has 0 radical (unpaired) electrons. The zero-order chi connectivity index (χ0) is 14.6. The Labute approximate surface area is 129 Å². The Morgan fingerprint density at radius 3 is 2.81 bits per heavy atom. The molecule has 1 aliphatic heterocycles. The third-order valence-corrected chi connectivity index (χ3v) is 4.67. The number of ketones is 1. The predicted molar refractivity (Wildman–Crippen MR) is 85.5 cm³/mol. The first-order chi connectivity index (χ1) is 10.1. The number of hydrogen-bond donors (Lipinski definition) is 1. The first kappa shape index (κ1) is 12.6. The highest BCUT2D eigenvalue weighted by Crippen LogP contribution is 2.40. The van der Waals surface area contributed by atoms with Crippen molar-refractivity contribution in [2.24, 2.45) is 4.99 Å². The molecule has 0 amide bonds. The number of aromatic hydroxyl groups is 1. The van der Waals surface area contributed by atoms with Crippen molar-refractivity contribution >= 4 is 50.2 Å². The molecular weight excluding hydrogens is 306 g/mol. The molecule has 0 aliphatic carbocycles. The van der Waals surface area contributed by atoms with Gasteiger partial charge in [-0.05, 0) is 24.3 Å². The average molecular weight is 314 g/mol. The Morgan fingerprint density at radius 2 is 1.95 bits per heavy atom. The highest BCUT2D eigenvalue weighted by Gasteiger charge is 2.30. The molecule has 3 nitrogen and oxygen atoms in total. The maximum atomic E-state index is 12.5. The maximum Gasteiger partial charge on any atom is 0.214 e. The van der Waals surface area contributed by atoms with Gasteiger partial charge in [-0.3, -0.25) is 4.79 Å². The van der Waals surface area contributed by atoms with Crippen molar-refractivity contribution in [1.82, 2.24) is 0 Å². The zero-order valence-electron chi connectivity index (χ0n) is 10.6. The fourth-order valence-electron chi connectivity index (χ4n) is 2.52. The molecule has 3 aromatic rings. The van der Waals surface area contributed by atoms with E-state index in [0.717, 1.165) is 10.1 Å². The van der Waals surface area contributed by atoms with Gasteiger partial charge in [-0.2, -0.15) is 0 Å². The van der Waals surface area contributed by atoms with Crippen molar-refractivity contribution in [1.29, 1.82) is 0 Å². The second-order valence-corrected chi connectivity index (χ2v) is 6.20. The summed E-state index contributed by atoms with van der Waals surface area (Å²) in [6.07, 6.45) is 0. The summed E-state index contributed by atoms with van der Waals surface area (Å²) in [6, 6.07) is 12.6. The molecule has 1 aliphatic rings. The van der Waals surface area contributed by atoms with Crippen molar-refractivity contribution in [3.63, 3.8) is 0 Å². The van der Waals surface area contributed by atoms with Crippen LogP contribution in [0.25, 0.3) is 10.1 Å². The molecular formula is C16H8ClNO2S. The Bertz CT molecular complexity index is 943. The summed E-state index contributed by atoms with van der Waals surface area (Å²) in [5.41, 5.74) is 1.86. The van der Waals surface area contributed by atoms with Gasteiger partial charge in [0, 0.05) is 20.7 Å². The Morgan fingerprint density at radius 1 is 1.14 bits per heavy atom. The van der Waals surface area contributed by atoms with Crippen LogP contribution in [0.5, 0.6) is 5.06 Å². The molecule has 2 aromatic carbocycles. The van der Waals surface area contributed by atoms with E-state index in [4.69, 9.17) is 11.6 Å². The van der Waals surface area contributed by atoms with E-state index in [-0.39, 0.29) is 16.6 Å². The van der Waals surface area contributed by atoms with Crippen LogP contribution in [-0.2, 0) is 0 Å². The normalized spacial score (nSPS) is 13.6. The van der Waals surface area contributed by atoms with Crippen molar-refractivity contribution in [3.8, 4) is 5.06 Å². The number of aliphatic imine (C=N–C) groups is 1. The molecule has 5 heteroatoms. The minimum atomic E-state index is -0.180. The first-order valence-electron chi connectivity index (χ1n) is 6.29. The summed E-state index contributed by atoms with van der Waals surface area (Å²) < 4.78 is 0.925. The number of carbonyl (C=O) groups excluding carboxylic acids is 1. The van der Waals surface area contributed by atoms with Crippen LogP contribution in [0.4, 0.5) is 5.69 Å². The van der Waals surface area contributed by atoms with Gasteiger partial charge in [-0.1, -0.05) is 41.1 Å². The molecule has 102 valence electrons. The number of thiophene rings is 1. The fourth-order valence-corrected chi connectivity index (χ4v) is 3.63. The fraction of sp³-hybridized carbons (Fsp3) is 0. The number of nitrogens with zero attached hydrogens (tertiary/aromatic N) is 1. The minimum Gasteiger partial charge on any atom is -0.499 e. The molecule has 0 bridgehead atoms. The van der Waals surface area contributed by atoms with Crippen LogP contribution in [0.1, 0.15) is 15.9 Å². The summed E-state index contributed by atoms with van der Waals surface area (Å²) in [6.45, 7) is 0. The molecule has 4 rings (SSSR count). The van der Waals surface area contributed by atoms with Crippen LogP contribution in [0, 0.1) is 0 Å². The largest absolute Gasteiger partial charge is 0.499 e. The number of carbonyl (C=O) groups is 1. The molecule has 21 heavy (non-hydrogen) atoms. The zero-order valence-corrected chi connectivity index (χ0v) is 12.2. The van der Waals surface area contributed by atoms with Crippen LogP contribution in [-0.4, -0.2) is 16.6 Å². The quantitative estimate of drug-likeness (QED) is 0.715. The maximum absolute atomic E-state index is 12.5. The number of fused-ring (bicyclic) bond motifs is 2. The molecule has 2 heterocycles. The van der Waals surface area contributed by atoms with Gasteiger partial charge in [0.2, 0.25) is 5.78 Å². The minimum absolute atomic E-state index is 0.113. The van der Waals surface area contributed by atoms with Gasteiger partial charge in [0.25, 0.3) is 0 Å². The Kier molecular flexibility index (Phi) is 2.64. The third-order valence-electron chi connectivity index (χ3n) is 3.47. The van der Waals surface area contributed by atoms with Gasteiger partial charge in [-0.15, -0.1) is 0 Å². The highest BCUT2D eigenvalue weighted by atomic mass is 35.5.